The Morgan fingerprint density at radius 1 is 0.893 bits per heavy atom. The number of benzene rings is 2. The second-order valence-electron chi connectivity index (χ2n) is 5.90. The Labute approximate surface area is 162 Å². The smallest absolute Gasteiger partial charge is 0.310 e. The molecule has 0 unspecified atom stereocenters. The summed E-state index contributed by atoms with van der Waals surface area (Å²) < 4.78 is 15.1. The Kier molecular flexibility index (Phi) is 7.38. The summed E-state index contributed by atoms with van der Waals surface area (Å²) >= 11 is 0. The van der Waals surface area contributed by atoms with Gasteiger partial charge < -0.3 is 14.2 Å². The highest BCUT2D eigenvalue weighted by Gasteiger charge is 2.13. The van der Waals surface area contributed by atoms with Crippen LogP contribution in [0.2, 0.25) is 0 Å². The molecular weight excluding hydrogens is 364 g/mol. The maximum Gasteiger partial charge on any atom is 0.310 e. The molecule has 2 amide bonds. The summed E-state index contributed by atoms with van der Waals surface area (Å²) in [5.41, 5.74) is 6.56. The molecule has 8 nitrogen and oxygen atoms in total. The molecule has 0 saturated carbocycles. The van der Waals surface area contributed by atoms with Gasteiger partial charge in [0.05, 0.1) is 20.6 Å². The summed E-state index contributed by atoms with van der Waals surface area (Å²) in [7, 11) is 2.93. The van der Waals surface area contributed by atoms with Crippen molar-refractivity contribution in [2.45, 2.75) is 13.3 Å². The van der Waals surface area contributed by atoms with Gasteiger partial charge >= 0.3 is 5.97 Å². The monoisotopic (exact) mass is 386 g/mol. The minimum Gasteiger partial charge on any atom is -0.493 e. The fraction of sp³-hybridized carbons (Fsp3) is 0.250. The van der Waals surface area contributed by atoms with Crippen molar-refractivity contribution < 1.29 is 28.6 Å². The Morgan fingerprint density at radius 3 is 2.21 bits per heavy atom. The SMILES string of the molecule is COc1ccc(C(=O)NNC(=O)COC(=O)Cc2ccc(C)cc2)cc1OC. The van der Waals surface area contributed by atoms with E-state index >= 15 is 0 Å². The molecule has 0 spiro atoms. The fourth-order valence-corrected chi connectivity index (χ4v) is 2.28. The predicted octanol–water partition coefficient (Wildman–Crippen LogP) is 1.56. The minimum atomic E-state index is -0.661. The van der Waals surface area contributed by atoms with Crippen molar-refractivity contribution >= 4 is 17.8 Å². The summed E-state index contributed by atoms with van der Waals surface area (Å²) in [6.45, 7) is 1.44. The molecule has 2 rings (SSSR count). The third-order valence-electron chi connectivity index (χ3n) is 3.79. The van der Waals surface area contributed by atoms with Crippen LogP contribution in [0.1, 0.15) is 21.5 Å². The predicted molar refractivity (Wildman–Crippen MR) is 101 cm³/mol. The standard InChI is InChI=1S/C20H22N2O6/c1-13-4-6-14(7-5-13)10-19(24)28-12-18(23)21-22-20(25)15-8-9-16(26-2)17(11-15)27-3/h4-9,11H,10,12H2,1-3H3,(H,21,23)(H,22,25). The molecule has 0 atom stereocenters. The second kappa shape index (κ2) is 9.96. The van der Waals surface area contributed by atoms with Gasteiger partial charge in [-0.1, -0.05) is 29.8 Å². The number of aryl methyl sites for hydroxylation is 1. The molecule has 0 fully saturated rings. The third kappa shape index (κ3) is 6.01. The largest absolute Gasteiger partial charge is 0.493 e. The molecule has 2 N–H and O–H groups in total. The first-order chi connectivity index (χ1) is 13.4. The molecule has 0 radical (unpaired) electrons. The molecule has 2 aromatic rings. The molecule has 0 aliphatic rings. The molecule has 0 saturated heterocycles. The van der Waals surface area contributed by atoms with E-state index in [4.69, 9.17) is 14.2 Å². The van der Waals surface area contributed by atoms with Crippen LogP contribution in [-0.2, 0) is 20.7 Å². The number of carbonyl (C=O) groups excluding carboxylic acids is 3. The van der Waals surface area contributed by atoms with Gasteiger partial charge in [-0.15, -0.1) is 0 Å². The average Bonchev–Trinajstić information content (AvgIpc) is 2.71. The molecule has 0 aliphatic carbocycles. The van der Waals surface area contributed by atoms with E-state index in [1.54, 1.807) is 6.07 Å². The first kappa shape index (κ1) is 20.8. The van der Waals surface area contributed by atoms with Crippen LogP contribution >= 0.6 is 0 Å². The van der Waals surface area contributed by atoms with Crippen molar-refractivity contribution in [2.24, 2.45) is 0 Å². The van der Waals surface area contributed by atoms with E-state index in [1.807, 2.05) is 31.2 Å². The van der Waals surface area contributed by atoms with Crippen molar-refractivity contribution in [3.8, 4) is 11.5 Å². The molecule has 0 heterocycles. The lowest BCUT2D eigenvalue weighted by Gasteiger charge is -2.11. The molecule has 148 valence electrons. The highest BCUT2D eigenvalue weighted by atomic mass is 16.5. The van der Waals surface area contributed by atoms with E-state index in [0.717, 1.165) is 11.1 Å². The van der Waals surface area contributed by atoms with Crippen molar-refractivity contribution in [1.82, 2.24) is 10.9 Å². The zero-order chi connectivity index (χ0) is 20.5. The van der Waals surface area contributed by atoms with Crippen molar-refractivity contribution in [2.75, 3.05) is 20.8 Å². The number of nitrogens with one attached hydrogen (secondary N) is 2. The van der Waals surface area contributed by atoms with Gasteiger partial charge in [0.1, 0.15) is 0 Å². The van der Waals surface area contributed by atoms with E-state index < -0.39 is 24.4 Å². The highest BCUT2D eigenvalue weighted by Crippen LogP contribution is 2.27. The summed E-state index contributed by atoms with van der Waals surface area (Å²) in [6, 6.07) is 12.0. The summed E-state index contributed by atoms with van der Waals surface area (Å²) in [4.78, 5) is 35.6. The Hall–Kier alpha value is -3.55. The van der Waals surface area contributed by atoms with Crippen LogP contribution in [0.4, 0.5) is 0 Å². The molecular formula is C20H22N2O6. The minimum absolute atomic E-state index is 0.0611. The Bertz CT molecular complexity index is 848. The van der Waals surface area contributed by atoms with Gasteiger partial charge in [-0.2, -0.15) is 0 Å². The average molecular weight is 386 g/mol. The van der Waals surface area contributed by atoms with E-state index in [1.165, 1.54) is 26.4 Å². The van der Waals surface area contributed by atoms with Gasteiger partial charge in [0, 0.05) is 5.56 Å². The number of methoxy groups -OCH3 is 2. The van der Waals surface area contributed by atoms with E-state index in [-0.39, 0.29) is 12.0 Å². The first-order valence-electron chi connectivity index (χ1n) is 8.45. The van der Waals surface area contributed by atoms with E-state index in [9.17, 15) is 14.4 Å². The summed E-state index contributed by atoms with van der Waals surface area (Å²) in [6.07, 6.45) is 0.0611. The van der Waals surface area contributed by atoms with Gasteiger partial charge in [-0.05, 0) is 30.7 Å². The summed E-state index contributed by atoms with van der Waals surface area (Å²) in [5, 5.41) is 0. The van der Waals surface area contributed by atoms with E-state index in [2.05, 4.69) is 10.9 Å². The number of rotatable bonds is 7. The lowest BCUT2D eigenvalue weighted by Crippen LogP contribution is -2.43. The third-order valence-corrected chi connectivity index (χ3v) is 3.79. The van der Waals surface area contributed by atoms with Crippen LogP contribution in [0.5, 0.6) is 11.5 Å². The van der Waals surface area contributed by atoms with Gasteiger partial charge in [-0.25, -0.2) is 0 Å². The van der Waals surface area contributed by atoms with Crippen LogP contribution in [0.25, 0.3) is 0 Å². The zero-order valence-corrected chi connectivity index (χ0v) is 15.9. The van der Waals surface area contributed by atoms with Crippen LogP contribution in [0, 0.1) is 6.92 Å². The lowest BCUT2D eigenvalue weighted by atomic mass is 10.1. The van der Waals surface area contributed by atoms with Crippen LogP contribution < -0.4 is 20.3 Å². The molecule has 2 aromatic carbocycles. The molecule has 0 aromatic heterocycles. The number of ether oxygens (including phenoxy) is 3. The maximum atomic E-state index is 12.1. The highest BCUT2D eigenvalue weighted by molar-refractivity contribution is 5.96. The summed E-state index contributed by atoms with van der Waals surface area (Å²) in [5.74, 6) is -0.897. The number of hydrogen-bond acceptors (Lipinski definition) is 6. The topological polar surface area (TPSA) is 103 Å². The van der Waals surface area contributed by atoms with Crippen LogP contribution in [-0.4, -0.2) is 38.6 Å². The van der Waals surface area contributed by atoms with Crippen molar-refractivity contribution in [1.29, 1.82) is 0 Å². The van der Waals surface area contributed by atoms with Crippen LogP contribution in [0.15, 0.2) is 42.5 Å². The number of hydrogen-bond donors (Lipinski definition) is 2. The Morgan fingerprint density at radius 2 is 1.57 bits per heavy atom. The van der Waals surface area contributed by atoms with Gasteiger partial charge in [0.15, 0.2) is 18.1 Å². The fourth-order valence-electron chi connectivity index (χ4n) is 2.28. The van der Waals surface area contributed by atoms with Gasteiger partial charge in [0.2, 0.25) is 0 Å². The quantitative estimate of drug-likeness (QED) is 0.553. The van der Waals surface area contributed by atoms with E-state index in [0.29, 0.717) is 11.5 Å². The molecule has 28 heavy (non-hydrogen) atoms. The van der Waals surface area contributed by atoms with Gasteiger partial charge in [-0.3, -0.25) is 25.2 Å². The zero-order valence-electron chi connectivity index (χ0n) is 15.9. The number of carbonyl (C=O) groups is 3. The number of amides is 2. The van der Waals surface area contributed by atoms with Crippen molar-refractivity contribution in [3.63, 3.8) is 0 Å². The number of esters is 1. The van der Waals surface area contributed by atoms with Gasteiger partial charge in [0.25, 0.3) is 11.8 Å². The van der Waals surface area contributed by atoms with Crippen molar-refractivity contribution in [3.05, 3.63) is 59.2 Å². The first-order valence-corrected chi connectivity index (χ1v) is 8.45. The maximum absolute atomic E-state index is 12.1. The Balaban J connectivity index is 1.78. The molecule has 8 heteroatoms. The normalized spacial score (nSPS) is 9.96. The van der Waals surface area contributed by atoms with Crippen LogP contribution in [0.3, 0.4) is 0 Å². The molecule has 0 aliphatic heterocycles. The lowest BCUT2D eigenvalue weighted by molar-refractivity contribution is -0.148. The number of hydrazine groups is 1. The second-order valence-corrected chi connectivity index (χ2v) is 5.90. The molecule has 0 bridgehead atoms.